The van der Waals surface area contributed by atoms with Crippen LogP contribution in [0.15, 0.2) is 24.5 Å². The molecule has 0 spiro atoms. The summed E-state index contributed by atoms with van der Waals surface area (Å²) in [7, 11) is 3.41. The van der Waals surface area contributed by atoms with Crippen molar-refractivity contribution in [2.75, 3.05) is 27.2 Å². The van der Waals surface area contributed by atoms with Gasteiger partial charge in [-0.2, -0.15) is 0 Å². The van der Waals surface area contributed by atoms with E-state index in [0.29, 0.717) is 41.2 Å². The topological polar surface area (TPSA) is 71.3 Å². The highest BCUT2D eigenvalue weighted by atomic mass is 32.1. The molecule has 0 bridgehead atoms. The molecule has 0 N–H and O–H groups in total. The highest BCUT2D eigenvalue weighted by Gasteiger charge is 2.29. The maximum atomic E-state index is 15.8. The molecule has 1 aliphatic heterocycles. The second-order valence-corrected chi connectivity index (χ2v) is 10.2. The zero-order valence-electron chi connectivity index (χ0n) is 19.5. The van der Waals surface area contributed by atoms with Crippen LogP contribution in [0, 0.1) is 5.82 Å². The number of thiophene rings is 1. The molecule has 7 nitrogen and oxygen atoms in total. The molecule has 0 aliphatic carbocycles. The molecule has 33 heavy (non-hydrogen) atoms. The first-order valence-corrected chi connectivity index (χ1v) is 12.2. The fourth-order valence-corrected chi connectivity index (χ4v) is 5.65. The summed E-state index contributed by atoms with van der Waals surface area (Å²) in [4.78, 5) is 29.2. The summed E-state index contributed by atoms with van der Waals surface area (Å²) in [5, 5.41) is 8.49. The van der Waals surface area contributed by atoms with Crippen molar-refractivity contribution in [3.8, 4) is 0 Å². The molecule has 0 radical (unpaired) electrons. The molecule has 1 saturated heterocycles. The Morgan fingerprint density at radius 3 is 2.76 bits per heavy atom. The Hall–Kier alpha value is -2.81. The molecular formula is C24H30FN5O2S. The van der Waals surface area contributed by atoms with E-state index in [9.17, 15) is 9.59 Å². The van der Waals surface area contributed by atoms with Crippen LogP contribution < -0.4 is 0 Å². The molecule has 1 aliphatic rings. The number of hydrogen-bond acceptors (Lipinski definition) is 5. The highest BCUT2D eigenvalue weighted by Crippen LogP contribution is 2.40. The third-order valence-corrected chi connectivity index (χ3v) is 7.40. The van der Waals surface area contributed by atoms with Gasteiger partial charge in [0.15, 0.2) is 0 Å². The van der Waals surface area contributed by atoms with Crippen molar-refractivity contribution in [2.45, 2.75) is 51.5 Å². The fourth-order valence-electron chi connectivity index (χ4n) is 4.49. The van der Waals surface area contributed by atoms with Crippen LogP contribution in [0.1, 0.15) is 65.7 Å². The lowest BCUT2D eigenvalue weighted by atomic mass is 9.86. The normalized spacial score (nSPS) is 16.5. The van der Waals surface area contributed by atoms with Gasteiger partial charge in [-0.25, -0.2) is 4.39 Å². The van der Waals surface area contributed by atoms with Crippen molar-refractivity contribution < 1.29 is 14.0 Å². The number of halogens is 1. The number of amides is 2. The predicted octanol–water partition coefficient (Wildman–Crippen LogP) is 4.25. The monoisotopic (exact) mass is 471 g/mol. The van der Waals surface area contributed by atoms with E-state index in [1.165, 1.54) is 16.2 Å². The molecule has 0 saturated carbocycles. The third kappa shape index (κ3) is 4.78. The molecule has 176 valence electrons. The van der Waals surface area contributed by atoms with Gasteiger partial charge >= 0.3 is 0 Å². The zero-order chi connectivity index (χ0) is 23.7. The summed E-state index contributed by atoms with van der Waals surface area (Å²) in [6.45, 7) is 5.85. The van der Waals surface area contributed by atoms with Crippen LogP contribution >= 0.6 is 11.3 Å². The first-order valence-electron chi connectivity index (χ1n) is 11.4. The van der Waals surface area contributed by atoms with Crippen LogP contribution in [-0.4, -0.2) is 63.8 Å². The molecular weight excluding hydrogens is 441 g/mol. The average molecular weight is 472 g/mol. The van der Waals surface area contributed by atoms with Gasteiger partial charge in [-0.1, -0.05) is 25.1 Å². The summed E-state index contributed by atoms with van der Waals surface area (Å²) < 4.78 is 18.0. The van der Waals surface area contributed by atoms with Crippen LogP contribution in [0.4, 0.5) is 4.39 Å². The second-order valence-electron chi connectivity index (χ2n) is 9.17. The third-order valence-electron chi connectivity index (χ3n) is 6.29. The number of hydrogen-bond donors (Lipinski definition) is 0. The maximum Gasteiger partial charge on any atom is 0.263 e. The van der Waals surface area contributed by atoms with E-state index in [1.54, 1.807) is 31.2 Å². The van der Waals surface area contributed by atoms with Gasteiger partial charge in [0, 0.05) is 45.7 Å². The Labute approximate surface area is 197 Å². The van der Waals surface area contributed by atoms with Gasteiger partial charge in [-0.05, 0) is 41.3 Å². The number of likely N-dealkylation sites (tertiary alicyclic amines) is 1. The number of aryl methyl sites for hydroxylation is 1. The van der Waals surface area contributed by atoms with E-state index >= 15 is 4.39 Å². The van der Waals surface area contributed by atoms with Crippen LogP contribution in [-0.2, 0) is 11.3 Å². The minimum Gasteiger partial charge on any atom is -0.344 e. The minimum atomic E-state index is -0.251. The lowest BCUT2D eigenvalue weighted by Gasteiger charge is -2.33. The fraction of sp³-hybridized carbons (Fsp3) is 0.500. The average Bonchev–Trinajstić information content (AvgIpc) is 3.47. The number of piperidine rings is 1. The molecule has 1 atom stereocenters. The Balaban J connectivity index is 1.61. The van der Waals surface area contributed by atoms with Crippen molar-refractivity contribution in [3.05, 3.63) is 46.3 Å². The van der Waals surface area contributed by atoms with Crippen LogP contribution in [0.5, 0.6) is 0 Å². The first-order chi connectivity index (χ1) is 15.8. The van der Waals surface area contributed by atoms with Gasteiger partial charge in [-0.15, -0.1) is 16.4 Å². The number of benzene rings is 1. The summed E-state index contributed by atoms with van der Waals surface area (Å²) in [6, 6.07) is 3.79. The first kappa shape index (κ1) is 23.4. The standard InChI is InChI=1S/C24H30FN5O2S/c1-15(2)17-12-18(22(25)23-19(17)13-20(33-23)24(32)28(3)4)16-6-5-9-29(14-16)21(31)7-10-30-11-8-26-27-30/h8,11-13,15-16H,5-7,9-10,14H2,1-4H3/t16-/m0/s1. The largest absolute Gasteiger partial charge is 0.344 e. The van der Waals surface area contributed by atoms with Gasteiger partial charge < -0.3 is 9.80 Å². The molecule has 3 heterocycles. The summed E-state index contributed by atoms with van der Waals surface area (Å²) >= 11 is 1.22. The lowest BCUT2D eigenvalue weighted by molar-refractivity contribution is -0.132. The Morgan fingerprint density at radius 2 is 2.09 bits per heavy atom. The van der Waals surface area contributed by atoms with Crippen molar-refractivity contribution in [1.29, 1.82) is 0 Å². The molecule has 2 aromatic heterocycles. The van der Waals surface area contributed by atoms with Gasteiger partial charge in [0.2, 0.25) is 5.91 Å². The summed E-state index contributed by atoms with van der Waals surface area (Å²) in [6.07, 6.45) is 5.34. The zero-order valence-corrected chi connectivity index (χ0v) is 20.4. The molecule has 2 amide bonds. The van der Waals surface area contributed by atoms with Gasteiger partial charge in [0.1, 0.15) is 5.82 Å². The van der Waals surface area contributed by atoms with Crippen molar-refractivity contribution in [3.63, 3.8) is 0 Å². The van der Waals surface area contributed by atoms with Gasteiger partial charge in [-0.3, -0.25) is 14.3 Å². The SMILES string of the molecule is CC(C)c1cc([C@H]2CCCN(C(=O)CCn3ccnn3)C2)c(F)c2sc(C(=O)N(C)C)cc12. The van der Waals surface area contributed by atoms with Crippen molar-refractivity contribution >= 4 is 33.2 Å². The van der Waals surface area contributed by atoms with Gasteiger partial charge in [0.05, 0.1) is 22.3 Å². The van der Waals surface area contributed by atoms with E-state index in [1.807, 2.05) is 17.0 Å². The number of fused-ring (bicyclic) bond motifs is 1. The second kappa shape index (κ2) is 9.59. The number of aromatic nitrogens is 3. The van der Waals surface area contributed by atoms with E-state index in [2.05, 4.69) is 24.2 Å². The molecule has 4 rings (SSSR count). The molecule has 0 unspecified atom stereocenters. The molecule has 3 aromatic rings. The molecule has 1 aromatic carbocycles. The molecule has 9 heteroatoms. The van der Waals surface area contributed by atoms with Crippen molar-refractivity contribution in [1.82, 2.24) is 24.8 Å². The minimum absolute atomic E-state index is 0.0516. The predicted molar refractivity (Wildman–Crippen MR) is 127 cm³/mol. The smallest absolute Gasteiger partial charge is 0.263 e. The Bertz CT molecular complexity index is 1160. The Kier molecular flexibility index (Phi) is 6.78. The van der Waals surface area contributed by atoms with E-state index in [-0.39, 0.29) is 29.5 Å². The van der Waals surface area contributed by atoms with E-state index in [0.717, 1.165) is 23.8 Å². The maximum absolute atomic E-state index is 15.8. The van der Waals surface area contributed by atoms with Crippen LogP contribution in [0.2, 0.25) is 0 Å². The lowest BCUT2D eigenvalue weighted by Crippen LogP contribution is -2.39. The number of carbonyl (C=O) groups excluding carboxylic acids is 2. The molecule has 1 fully saturated rings. The van der Waals surface area contributed by atoms with Crippen LogP contribution in [0.25, 0.3) is 10.1 Å². The number of rotatable bonds is 6. The summed E-state index contributed by atoms with van der Waals surface area (Å²) in [5.74, 6) is -0.192. The number of nitrogens with zero attached hydrogens (tertiary/aromatic N) is 5. The highest BCUT2D eigenvalue weighted by molar-refractivity contribution is 7.20. The van der Waals surface area contributed by atoms with E-state index in [4.69, 9.17) is 0 Å². The Morgan fingerprint density at radius 1 is 1.30 bits per heavy atom. The van der Waals surface area contributed by atoms with E-state index < -0.39 is 0 Å². The van der Waals surface area contributed by atoms with Crippen molar-refractivity contribution in [2.24, 2.45) is 0 Å². The summed E-state index contributed by atoms with van der Waals surface area (Å²) in [5.41, 5.74) is 1.70. The number of carbonyl (C=O) groups is 2. The quantitative estimate of drug-likeness (QED) is 0.539. The van der Waals surface area contributed by atoms with Crippen LogP contribution in [0.3, 0.4) is 0 Å². The van der Waals surface area contributed by atoms with Gasteiger partial charge in [0.25, 0.3) is 5.91 Å².